The van der Waals surface area contributed by atoms with Gasteiger partial charge in [-0.1, -0.05) is 11.6 Å². The number of hydrogen-bond acceptors (Lipinski definition) is 3. The molecule has 13 heavy (non-hydrogen) atoms. The molecule has 3 nitrogen and oxygen atoms in total. The van der Waals surface area contributed by atoms with Crippen LogP contribution in [0.15, 0.2) is 6.07 Å². The van der Waals surface area contributed by atoms with Gasteiger partial charge in [-0.25, -0.2) is 0 Å². The van der Waals surface area contributed by atoms with Crippen LogP contribution in [0.2, 0.25) is 5.02 Å². The smallest absolute Gasteiger partial charge is 0.231 e. The molecule has 1 aromatic rings. The number of carbonyl (C=O) groups is 1. The quantitative estimate of drug-likeness (QED) is 0.649. The van der Waals surface area contributed by atoms with Crippen molar-refractivity contribution in [3.63, 3.8) is 0 Å². The molecule has 0 atom stereocenters. The van der Waals surface area contributed by atoms with E-state index in [2.05, 4.69) is 0 Å². The van der Waals surface area contributed by atoms with E-state index < -0.39 is 0 Å². The third-order valence-electron chi connectivity index (χ3n) is 1.97. The summed E-state index contributed by atoms with van der Waals surface area (Å²) in [5.41, 5.74) is 1.26. The molecule has 1 heterocycles. The average molecular weight is 199 g/mol. The van der Waals surface area contributed by atoms with E-state index in [1.54, 1.807) is 13.0 Å². The minimum absolute atomic E-state index is 0.163. The van der Waals surface area contributed by atoms with E-state index in [-0.39, 0.29) is 6.79 Å². The number of fused-ring (bicyclic) bond motifs is 1. The maximum atomic E-state index is 10.7. The lowest BCUT2D eigenvalue weighted by molar-refractivity contribution is 0.112. The van der Waals surface area contributed by atoms with E-state index in [1.165, 1.54) is 0 Å². The number of benzene rings is 1. The fraction of sp³-hybridized carbons (Fsp3) is 0.222. The molecular weight excluding hydrogens is 192 g/mol. The zero-order chi connectivity index (χ0) is 9.42. The minimum atomic E-state index is 0.163. The Balaban J connectivity index is 2.69. The van der Waals surface area contributed by atoms with Gasteiger partial charge in [0.15, 0.2) is 17.8 Å². The summed E-state index contributed by atoms with van der Waals surface area (Å²) < 4.78 is 10.3. The Morgan fingerprint density at radius 3 is 3.00 bits per heavy atom. The highest BCUT2D eigenvalue weighted by Gasteiger charge is 2.21. The molecule has 0 aromatic heterocycles. The molecule has 0 radical (unpaired) electrons. The molecule has 0 N–H and O–H groups in total. The van der Waals surface area contributed by atoms with Gasteiger partial charge in [0.05, 0.1) is 5.02 Å². The highest BCUT2D eigenvalue weighted by atomic mass is 35.5. The van der Waals surface area contributed by atoms with E-state index in [0.29, 0.717) is 22.1 Å². The second-order valence-electron chi connectivity index (χ2n) is 2.77. The van der Waals surface area contributed by atoms with Gasteiger partial charge in [-0.05, 0) is 18.6 Å². The molecule has 2 rings (SSSR count). The van der Waals surface area contributed by atoms with Crippen molar-refractivity contribution in [2.75, 3.05) is 6.79 Å². The molecule has 4 heteroatoms. The van der Waals surface area contributed by atoms with Crippen LogP contribution in [0.25, 0.3) is 0 Å². The van der Waals surface area contributed by atoms with Crippen LogP contribution in [0.5, 0.6) is 11.5 Å². The lowest BCUT2D eigenvalue weighted by atomic mass is 10.1. The molecule has 1 aliphatic rings. The predicted molar refractivity (Wildman–Crippen MR) is 47.7 cm³/mol. The van der Waals surface area contributed by atoms with Crippen molar-refractivity contribution in [2.45, 2.75) is 6.92 Å². The van der Waals surface area contributed by atoms with Gasteiger partial charge in [0, 0.05) is 5.56 Å². The summed E-state index contributed by atoms with van der Waals surface area (Å²) in [6.07, 6.45) is 0.722. The maximum absolute atomic E-state index is 10.7. The summed E-state index contributed by atoms with van der Waals surface area (Å²) in [7, 11) is 0. The SMILES string of the molecule is Cc1cc2c(c(Cl)c1C=O)OCO2. The topological polar surface area (TPSA) is 35.5 Å². The largest absolute Gasteiger partial charge is 0.454 e. The predicted octanol–water partition coefficient (Wildman–Crippen LogP) is 2.19. The van der Waals surface area contributed by atoms with Crippen molar-refractivity contribution in [2.24, 2.45) is 0 Å². The van der Waals surface area contributed by atoms with Crippen molar-refractivity contribution >= 4 is 17.9 Å². The standard InChI is InChI=1S/C9H7ClO3/c1-5-2-7-9(13-4-12-7)8(10)6(5)3-11/h2-3H,4H2,1H3. The Morgan fingerprint density at radius 1 is 1.54 bits per heavy atom. The third-order valence-corrected chi connectivity index (χ3v) is 2.34. The summed E-state index contributed by atoms with van der Waals surface area (Å²) >= 11 is 5.92. The molecular formula is C9H7ClO3. The number of aryl methyl sites for hydroxylation is 1. The van der Waals surface area contributed by atoms with Crippen LogP contribution in [0.4, 0.5) is 0 Å². The van der Waals surface area contributed by atoms with Crippen molar-refractivity contribution in [3.8, 4) is 11.5 Å². The summed E-state index contributed by atoms with van der Waals surface area (Å²) in [4.78, 5) is 10.7. The first-order valence-electron chi connectivity index (χ1n) is 3.78. The molecule has 0 unspecified atom stereocenters. The first kappa shape index (κ1) is 8.38. The Morgan fingerprint density at radius 2 is 2.31 bits per heavy atom. The monoisotopic (exact) mass is 198 g/mol. The van der Waals surface area contributed by atoms with Gasteiger partial charge < -0.3 is 9.47 Å². The van der Waals surface area contributed by atoms with E-state index in [4.69, 9.17) is 21.1 Å². The van der Waals surface area contributed by atoms with E-state index in [1.807, 2.05) is 0 Å². The fourth-order valence-corrected chi connectivity index (χ4v) is 1.62. The molecule has 0 bridgehead atoms. The number of halogens is 1. The number of aldehydes is 1. The van der Waals surface area contributed by atoms with E-state index in [9.17, 15) is 4.79 Å². The van der Waals surface area contributed by atoms with E-state index in [0.717, 1.165) is 11.8 Å². The van der Waals surface area contributed by atoms with Crippen LogP contribution in [-0.2, 0) is 0 Å². The lowest BCUT2D eigenvalue weighted by Gasteiger charge is -2.04. The Labute approximate surface area is 80.2 Å². The van der Waals surface area contributed by atoms with Gasteiger partial charge in [0.25, 0.3) is 0 Å². The van der Waals surface area contributed by atoms with Crippen molar-refractivity contribution in [3.05, 3.63) is 22.2 Å². The first-order chi connectivity index (χ1) is 6.24. The minimum Gasteiger partial charge on any atom is -0.454 e. The van der Waals surface area contributed by atoms with Gasteiger partial charge in [-0.2, -0.15) is 0 Å². The Bertz CT molecular complexity index is 374. The van der Waals surface area contributed by atoms with E-state index >= 15 is 0 Å². The summed E-state index contributed by atoms with van der Waals surface area (Å²) in [5, 5.41) is 0.336. The fourth-order valence-electron chi connectivity index (χ4n) is 1.28. The van der Waals surface area contributed by atoms with Crippen molar-refractivity contribution in [1.29, 1.82) is 0 Å². The van der Waals surface area contributed by atoms with Crippen LogP contribution < -0.4 is 9.47 Å². The Hall–Kier alpha value is -1.22. The molecule has 0 saturated carbocycles. The van der Waals surface area contributed by atoms with Gasteiger partial charge >= 0.3 is 0 Å². The van der Waals surface area contributed by atoms with Gasteiger partial charge in [-0.3, -0.25) is 4.79 Å². The molecule has 1 aromatic carbocycles. The van der Waals surface area contributed by atoms with Crippen molar-refractivity contribution in [1.82, 2.24) is 0 Å². The number of carbonyl (C=O) groups excluding carboxylic acids is 1. The molecule has 0 fully saturated rings. The molecule has 0 amide bonds. The Kier molecular flexibility index (Phi) is 1.88. The highest BCUT2D eigenvalue weighted by Crippen LogP contribution is 2.41. The van der Waals surface area contributed by atoms with Crippen LogP contribution in [-0.4, -0.2) is 13.1 Å². The number of rotatable bonds is 1. The van der Waals surface area contributed by atoms with Crippen LogP contribution in [0, 0.1) is 6.92 Å². The molecule has 68 valence electrons. The number of hydrogen-bond donors (Lipinski definition) is 0. The van der Waals surface area contributed by atoms with Crippen LogP contribution in [0.3, 0.4) is 0 Å². The normalized spacial score (nSPS) is 13.1. The highest BCUT2D eigenvalue weighted by molar-refractivity contribution is 6.34. The molecule has 0 spiro atoms. The van der Waals surface area contributed by atoms with Crippen molar-refractivity contribution < 1.29 is 14.3 Å². The van der Waals surface area contributed by atoms with Gasteiger partial charge in [0.2, 0.25) is 6.79 Å². The molecule has 1 aliphatic heterocycles. The zero-order valence-electron chi connectivity index (χ0n) is 6.96. The average Bonchev–Trinajstić information content (AvgIpc) is 2.53. The second kappa shape index (κ2) is 2.92. The van der Waals surface area contributed by atoms with Crippen LogP contribution in [0.1, 0.15) is 15.9 Å². The number of ether oxygens (including phenoxy) is 2. The second-order valence-corrected chi connectivity index (χ2v) is 3.15. The summed E-state index contributed by atoms with van der Waals surface area (Å²) in [6, 6.07) is 1.75. The first-order valence-corrected chi connectivity index (χ1v) is 4.15. The molecule has 0 saturated heterocycles. The third kappa shape index (κ3) is 1.16. The van der Waals surface area contributed by atoms with Crippen LogP contribution >= 0.6 is 11.6 Å². The maximum Gasteiger partial charge on any atom is 0.231 e. The van der Waals surface area contributed by atoms with Gasteiger partial charge in [-0.15, -0.1) is 0 Å². The van der Waals surface area contributed by atoms with Gasteiger partial charge in [0.1, 0.15) is 0 Å². The summed E-state index contributed by atoms with van der Waals surface area (Å²) in [6.45, 7) is 1.97. The lowest BCUT2D eigenvalue weighted by Crippen LogP contribution is -1.93. The summed E-state index contributed by atoms with van der Waals surface area (Å²) in [5.74, 6) is 1.07. The molecule has 0 aliphatic carbocycles. The zero-order valence-corrected chi connectivity index (χ0v) is 7.72.